The molecule has 0 bridgehead atoms. The first kappa shape index (κ1) is 18.4. The second kappa shape index (κ2) is 8.34. The van der Waals surface area contributed by atoms with Crippen LogP contribution >= 0.6 is 0 Å². The van der Waals surface area contributed by atoms with E-state index in [1.165, 1.54) is 5.56 Å². The van der Waals surface area contributed by atoms with Crippen molar-refractivity contribution in [3.63, 3.8) is 0 Å². The molecule has 2 aromatic carbocycles. The predicted molar refractivity (Wildman–Crippen MR) is 105 cm³/mol. The summed E-state index contributed by atoms with van der Waals surface area (Å²) in [5, 5.41) is 12.9. The predicted octanol–water partition coefficient (Wildman–Crippen LogP) is 2.95. The summed E-state index contributed by atoms with van der Waals surface area (Å²) >= 11 is 0. The highest BCUT2D eigenvalue weighted by Gasteiger charge is 2.15. The summed E-state index contributed by atoms with van der Waals surface area (Å²) in [6.07, 6.45) is 0.821. The first-order chi connectivity index (χ1) is 12.5. The zero-order valence-corrected chi connectivity index (χ0v) is 15.5. The Labute approximate surface area is 155 Å². The Bertz CT molecular complexity index is 768. The molecular weight excluding hydrogens is 326 g/mol. The molecule has 5 heteroatoms. The molecule has 0 radical (unpaired) electrons. The van der Waals surface area contributed by atoms with Crippen molar-refractivity contribution in [1.82, 2.24) is 9.80 Å². The van der Waals surface area contributed by atoms with Gasteiger partial charge in [-0.2, -0.15) is 0 Å². The standard InChI is InChI=1S/C21H27N3O2/c1-3-16-7-8-20(25)19(14-16)21(26)22-18-6-4-5-17(13-18)15-24-11-9-23(2)10-12-24/h4-8,13-14,25H,3,9-12,15H2,1-2H3,(H,22,26). The van der Waals surface area contributed by atoms with Crippen molar-refractivity contribution < 1.29 is 9.90 Å². The van der Waals surface area contributed by atoms with Gasteiger partial charge in [0.15, 0.2) is 0 Å². The SMILES string of the molecule is CCc1ccc(O)c(C(=O)Nc2cccc(CN3CCN(C)CC3)c2)c1. The second-order valence-electron chi connectivity index (χ2n) is 6.94. The van der Waals surface area contributed by atoms with E-state index in [-0.39, 0.29) is 11.7 Å². The Balaban J connectivity index is 1.67. The lowest BCUT2D eigenvalue weighted by Crippen LogP contribution is -2.43. The van der Waals surface area contributed by atoms with Crippen LogP contribution in [0.4, 0.5) is 5.69 Å². The number of benzene rings is 2. The lowest BCUT2D eigenvalue weighted by molar-refractivity contribution is 0.102. The van der Waals surface area contributed by atoms with Crippen LogP contribution in [0, 0.1) is 0 Å². The van der Waals surface area contributed by atoms with Crippen molar-refractivity contribution in [3.8, 4) is 5.75 Å². The van der Waals surface area contributed by atoms with Gasteiger partial charge in [0, 0.05) is 38.4 Å². The van der Waals surface area contributed by atoms with Crippen molar-refractivity contribution in [2.45, 2.75) is 19.9 Å². The molecule has 0 atom stereocenters. The van der Waals surface area contributed by atoms with E-state index in [2.05, 4.69) is 28.2 Å². The molecule has 1 amide bonds. The fraction of sp³-hybridized carbons (Fsp3) is 0.381. The third kappa shape index (κ3) is 4.62. The number of carbonyl (C=O) groups excluding carboxylic acids is 1. The molecule has 0 aliphatic carbocycles. The molecular formula is C21H27N3O2. The van der Waals surface area contributed by atoms with Crippen molar-refractivity contribution in [1.29, 1.82) is 0 Å². The normalized spacial score (nSPS) is 15.8. The lowest BCUT2D eigenvalue weighted by atomic mass is 10.1. The van der Waals surface area contributed by atoms with E-state index >= 15 is 0 Å². The minimum atomic E-state index is -0.283. The minimum Gasteiger partial charge on any atom is -0.507 e. The fourth-order valence-corrected chi connectivity index (χ4v) is 3.20. The second-order valence-corrected chi connectivity index (χ2v) is 6.94. The number of hydrogen-bond donors (Lipinski definition) is 2. The van der Waals surface area contributed by atoms with Gasteiger partial charge in [-0.25, -0.2) is 0 Å². The van der Waals surface area contributed by atoms with Crippen LogP contribution in [0.15, 0.2) is 42.5 Å². The molecule has 1 heterocycles. The summed E-state index contributed by atoms with van der Waals surface area (Å²) in [5.74, 6) is -0.275. The number of carbonyl (C=O) groups is 1. The molecule has 2 aromatic rings. The summed E-state index contributed by atoms with van der Waals surface area (Å²) in [6.45, 7) is 7.20. The number of phenolic OH excluding ortho intramolecular Hbond substituents is 1. The van der Waals surface area contributed by atoms with Gasteiger partial charge in [0.05, 0.1) is 5.56 Å². The van der Waals surface area contributed by atoms with Gasteiger partial charge in [0.25, 0.3) is 5.91 Å². The van der Waals surface area contributed by atoms with Crippen LogP contribution in [0.5, 0.6) is 5.75 Å². The number of nitrogens with one attached hydrogen (secondary N) is 1. The highest BCUT2D eigenvalue weighted by molar-refractivity contribution is 6.06. The number of anilines is 1. The summed E-state index contributed by atoms with van der Waals surface area (Å²) in [7, 11) is 2.15. The minimum absolute atomic E-state index is 0.00768. The van der Waals surface area contributed by atoms with E-state index in [4.69, 9.17) is 0 Å². The third-order valence-corrected chi connectivity index (χ3v) is 4.90. The molecule has 0 unspecified atom stereocenters. The van der Waals surface area contributed by atoms with E-state index in [1.54, 1.807) is 12.1 Å². The number of piperazine rings is 1. The van der Waals surface area contributed by atoms with Crippen LogP contribution in [-0.2, 0) is 13.0 Å². The molecule has 5 nitrogen and oxygen atoms in total. The Kier molecular flexibility index (Phi) is 5.91. The number of rotatable bonds is 5. The maximum Gasteiger partial charge on any atom is 0.259 e. The molecule has 1 fully saturated rings. The van der Waals surface area contributed by atoms with Gasteiger partial charge in [0.2, 0.25) is 0 Å². The van der Waals surface area contributed by atoms with Crippen LogP contribution in [0.3, 0.4) is 0 Å². The molecule has 1 saturated heterocycles. The van der Waals surface area contributed by atoms with Crippen molar-refractivity contribution >= 4 is 11.6 Å². The molecule has 0 saturated carbocycles. The molecule has 2 N–H and O–H groups in total. The summed E-state index contributed by atoms with van der Waals surface area (Å²) in [4.78, 5) is 17.3. The number of phenols is 1. The van der Waals surface area contributed by atoms with Crippen LogP contribution in [0.25, 0.3) is 0 Å². The van der Waals surface area contributed by atoms with Crippen molar-refractivity contribution in [3.05, 3.63) is 59.2 Å². The zero-order chi connectivity index (χ0) is 18.5. The van der Waals surface area contributed by atoms with Crippen LogP contribution in [-0.4, -0.2) is 54.0 Å². The maximum absolute atomic E-state index is 12.6. The number of aryl methyl sites for hydroxylation is 1. The molecule has 3 rings (SSSR count). The van der Waals surface area contributed by atoms with Gasteiger partial charge in [-0.1, -0.05) is 25.1 Å². The molecule has 138 valence electrons. The monoisotopic (exact) mass is 353 g/mol. The molecule has 0 spiro atoms. The van der Waals surface area contributed by atoms with Crippen LogP contribution in [0.1, 0.15) is 28.4 Å². The highest BCUT2D eigenvalue weighted by Crippen LogP contribution is 2.21. The first-order valence-corrected chi connectivity index (χ1v) is 9.18. The Morgan fingerprint density at radius 1 is 1.08 bits per heavy atom. The van der Waals surface area contributed by atoms with E-state index in [0.717, 1.165) is 50.4 Å². The average molecular weight is 353 g/mol. The summed E-state index contributed by atoms with van der Waals surface area (Å²) in [6, 6.07) is 13.1. The number of hydrogen-bond acceptors (Lipinski definition) is 4. The van der Waals surface area contributed by atoms with E-state index in [1.807, 2.05) is 31.2 Å². The van der Waals surface area contributed by atoms with Gasteiger partial charge in [0.1, 0.15) is 5.75 Å². The Morgan fingerprint density at radius 3 is 2.58 bits per heavy atom. The van der Waals surface area contributed by atoms with Gasteiger partial charge < -0.3 is 15.3 Å². The molecule has 0 aromatic heterocycles. The number of aromatic hydroxyl groups is 1. The summed E-state index contributed by atoms with van der Waals surface area (Å²) < 4.78 is 0. The molecule has 26 heavy (non-hydrogen) atoms. The van der Waals surface area contributed by atoms with Gasteiger partial charge in [-0.3, -0.25) is 9.69 Å². The van der Waals surface area contributed by atoms with Crippen LogP contribution in [0.2, 0.25) is 0 Å². The summed E-state index contributed by atoms with van der Waals surface area (Å²) in [5.41, 5.74) is 3.27. The number of amides is 1. The molecule has 1 aliphatic heterocycles. The third-order valence-electron chi connectivity index (χ3n) is 4.90. The van der Waals surface area contributed by atoms with E-state index in [0.29, 0.717) is 5.56 Å². The number of likely N-dealkylation sites (N-methyl/N-ethyl adjacent to an activating group) is 1. The van der Waals surface area contributed by atoms with Crippen molar-refractivity contribution in [2.24, 2.45) is 0 Å². The smallest absolute Gasteiger partial charge is 0.259 e. The lowest BCUT2D eigenvalue weighted by Gasteiger charge is -2.32. The zero-order valence-electron chi connectivity index (χ0n) is 15.5. The topological polar surface area (TPSA) is 55.8 Å². The Morgan fingerprint density at radius 2 is 1.85 bits per heavy atom. The van der Waals surface area contributed by atoms with Gasteiger partial charge >= 0.3 is 0 Å². The fourth-order valence-electron chi connectivity index (χ4n) is 3.20. The van der Waals surface area contributed by atoms with Crippen LogP contribution < -0.4 is 5.32 Å². The maximum atomic E-state index is 12.6. The quantitative estimate of drug-likeness (QED) is 0.868. The first-order valence-electron chi connectivity index (χ1n) is 9.18. The van der Waals surface area contributed by atoms with Gasteiger partial charge in [-0.15, -0.1) is 0 Å². The molecule has 1 aliphatic rings. The van der Waals surface area contributed by atoms with E-state index < -0.39 is 0 Å². The van der Waals surface area contributed by atoms with E-state index in [9.17, 15) is 9.90 Å². The Hall–Kier alpha value is -2.37. The average Bonchev–Trinajstić information content (AvgIpc) is 2.64. The number of nitrogens with zero attached hydrogens (tertiary/aromatic N) is 2. The highest BCUT2D eigenvalue weighted by atomic mass is 16.3. The van der Waals surface area contributed by atoms with Gasteiger partial charge in [-0.05, 0) is 48.9 Å². The van der Waals surface area contributed by atoms with Crippen molar-refractivity contribution in [2.75, 3.05) is 38.5 Å². The largest absolute Gasteiger partial charge is 0.507 e.